The number of hydrogen-bond donors (Lipinski definition) is 2. The highest BCUT2D eigenvalue weighted by atomic mass is 19.4. The molecule has 0 spiro atoms. The first-order valence-electron chi connectivity index (χ1n) is 10.5. The molecule has 0 fully saturated rings. The molecular formula is C20H27F6N5O6. The van der Waals surface area contributed by atoms with Crippen molar-refractivity contribution < 1.29 is 55.3 Å². The molecular weight excluding hydrogens is 520 g/mol. The smallest absolute Gasteiger partial charge is 0.475 e. The van der Waals surface area contributed by atoms with Crippen LogP contribution < -0.4 is 0 Å². The van der Waals surface area contributed by atoms with E-state index in [4.69, 9.17) is 29.0 Å². The number of alkyl halides is 6. The van der Waals surface area contributed by atoms with Gasteiger partial charge in [-0.25, -0.2) is 9.59 Å². The summed E-state index contributed by atoms with van der Waals surface area (Å²) in [7, 11) is 6.07. The predicted molar refractivity (Wildman–Crippen MR) is 113 cm³/mol. The maximum Gasteiger partial charge on any atom is 0.490 e. The number of hydrogen-bond acceptors (Lipinski definition) is 8. The third-order valence-corrected chi connectivity index (χ3v) is 4.66. The highest BCUT2D eigenvalue weighted by molar-refractivity contribution is 5.73. The van der Waals surface area contributed by atoms with Gasteiger partial charge in [0, 0.05) is 44.7 Å². The van der Waals surface area contributed by atoms with Gasteiger partial charge in [0.05, 0.1) is 31.4 Å². The first-order chi connectivity index (χ1) is 17.0. The molecule has 0 amide bonds. The van der Waals surface area contributed by atoms with Crippen LogP contribution in [0, 0.1) is 0 Å². The lowest BCUT2D eigenvalue weighted by molar-refractivity contribution is -0.193. The van der Waals surface area contributed by atoms with Crippen LogP contribution in [-0.2, 0) is 34.5 Å². The molecule has 2 aromatic heterocycles. The second kappa shape index (κ2) is 13.9. The van der Waals surface area contributed by atoms with E-state index in [2.05, 4.69) is 34.2 Å². The predicted octanol–water partition coefficient (Wildman–Crippen LogP) is 2.35. The van der Waals surface area contributed by atoms with Crippen LogP contribution in [0.2, 0.25) is 0 Å². The van der Waals surface area contributed by atoms with Crippen LogP contribution in [0.3, 0.4) is 0 Å². The molecule has 0 saturated heterocycles. The van der Waals surface area contributed by atoms with Gasteiger partial charge in [-0.15, -0.1) is 5.10 Å². The van der Waals surface area contributed by atoms with Crippen molar-refractivity contribution in [1.29, 1.82) is 0 Å². The Labute approximate surface area is 207 Å². The van der Waals surface area contributed by atoms with Gasteiger partial charge in [0.25, 0.3) is 0 Å². The van der Waals surface area contributed by atoms with Crippen LogP contribution in [0.15, 0.2) is 23.0 Å². The van der Waals surface area contributed by atoms with Gasteiger partial charge >= 0.3 is 24.3 Å². The van der Waals surface area contributed by atoms with Crippen LogP contribution in [-0.4, -0.2) is 99.7 Å². The average Bonchev–Trinajstić information content (AvgIpc) is 3.40. The maximum atomic E-state index is 10.6. The summed E-state index contributed by atoms with van der Waals surface area (Å²) in [6.45, 7) is 5.00. The molecule has 0 saturated carbocycles. The molecule has 3 heterocycles. The minimum absolute atomic E-state index is 0.299. The number of carboxylic acid groups (broad SMARTS) is 2. The summed E-state index contributed by atoms with van der Waals surface area (Å²) in [5.41, 5.74) is 3.45. The highest BCUT2D eigenvalue weighted by Gasteiger charge is 2.39. The van der Waals surface area contributed by atoms with Gasteiger partial charge in [-0.05, 0) is 20.2 Å². The number of nitrogens with zero attached hydrogens (tertiary/aromatic N) is 5. The van der Waals surface area contributed by atoms with Crippen molar-refractivity contribution in [1.82, 2.24) is 24.8 Å². The van der Waals surface area contributed by atoms with Crippen LogP contribution in [0.4, 0.5) is 26.3 Å². The molecule has 1 atom stereocenters. The van der Waals surface area contributed by atoms with E-state index >= 15 is 0 Å². The number of fused-ring (bicyclic) bond motifs is 1. The van der Waals surface area contributed by atoms with Gasteiger partial charge in [-0.2, -0.15) is 26.3 Å². The second-order valence-electron chi connectivity index (χ2n) is 8.03. The van der Waals surface area contributed by atoms with Gasteiger partial charge in [-0.3, -0.25) is 9.58 Å². The van der Waals surface area contributed by atoms with Crippen molar-refractivity contribution in [3.05, 3.63) is 35.5 Å². The highest BCUT2D eigenvalue weighted by Crippen LogP contribution is 2.28. The second-order valence-corrected chi connectivity index (χ2v) is 8.03. The summed E-state index contributed by atoms with van der Waals surface area (Å²) in [5.74, 6) is -5.21. The fourth-order valence-electron chi connectivity index (χ4n) is 3.06. The monoisotopic (exact) mass is 547 g/mol. The number of carboxylic acids is 2. The molecule has 3 rings (SSSR count). The van der Waals surface area contributed by atoms with Crippen molar-refractivity contribution in [3.63, 3.8) is 0 Å². The first kappa shape index (κ1) is 31.8. The third-order valence-electron chi connectivity index (χ3n) is 4.66. The summed E-state index contributed by atoms with van der Waals surface area (Å²) in [6, 6.07) is 2.01. The molecule has 0 radical (unpaired) electrons. The SMILES string of the molecule is CN(C)CCOCC1CN(Cc2ccoc2)Cc2nnn(C)c21.O=C(O)C(F)(F)F.O=C(O)C(F)(F)F. The van der Waals surface area contributed by atoms with Crippen LogP contribution >= 0.6 is 0 Å². The summed E-state index contributed by atoms with van der Waals surface area (Å²) in [5, 5.41) is 22.8. The largest absolute Gasteiger partial charge is 0.490 e. The van der Waals surface area contributed by atoms with E-state index in [0.29, 0.717) is 12.5 Å². The van der Waals surface area contributed by atoms with E-state index in [1.807, 2.05) is 17.8 Å². The van der Waals surface area contributed by atoms with Crippen LogP contribution in [0.1, 0.15) is 22.9 Å². The molecule has 11 nitrogen and oxygen atoms in total. The molecule has 1 aliphatic rings. The molecule has 0 bridgehead atoms. The Morgan fingerprint density at radius 1 is 1.16 bits per heavy atom. The van der Waals surface area contributed by atoms with E-state index in [-0.39, 0.29) is 0 Å². The first-order valence-corrected chi connectivity index (χ1v) is 10.5. The van der Waals surface area contributed by atoms with Crippen molar-refractivity contribution in [2.75, 3.05) is 40.4 Å². The molecule has 0 aliphatic carbocycles. The maximum absolute atomic E-state index is 10.6. The average molecular weight is 547 g/mol. The summed E-state index contributed by atoms with van der Waals surface area (Å²) in [4.78, 5) is 22.3. The Kier molecular flexibility index (Phi) is 12.0. The minimum Gasteiger partial charge on any atom is -0.475 e. The molecule has 1 unspecified atom stereocenters. The number of likely N-dealkylation sites (N-methyl/N-ethyl adjacent to an activating group) is 1. The quantitative estimate of drug-likeness (QED) is 0.393. The zero-order chi connectivity index (χ0) is 28.4. The van der Waals surface area contributed by atoms with E-state index in [1.54, 1.807) is 12.5 Å². The number of aryl methyl sites for hydroxylation is 1. The van der Waals surface area contributed by atoms with Gasteiger partial charge < -0.3 is 24.3 Å². The summed E-state index contributed by atoms with van der Waals surface area (Å²) < 4.78 is 76.4. The van der Waals surface area contributed by atoms with Gasteiger partial charge in [0.1, 0.15) is 5.69 Å². The number of carbonyl (C=O) groups is 2. The summed E-state index contributed by atoms with van der Waals surface area (Å²) >= 11 is 0. The van der Waals surface area contributed by atoms with Crippen molar-refractivity contribution in [2.24, 2.45) is 7.05 Å². The Morgan fingerprint density at radius 3 is 2.19 bits per heavy atom. The molecule has 1 aliphatic heterocycles. The molecule has 37 heavy (non-hydrogen) atoms. The number of rotatable bonds is 7. The Bertz CT molecular complexity index is 954. The fraction of sp³-hybridized carbons (Fsp3) is 0.600. The van der Waals surface area contributed by atoms with Crippen molar-refractivity contribution in [2.45, 2.75) is 31.4 Å². The molecule has 17 heteroatoms. The van der Waals surface area contributed by atoms with Crippen LogP contribution in [0.5, 0.6) is 0 Å². The van der Waals surface area contributed by atoms with E-state index in [1.165, 1.54) is 11.3 Å². The molecule has 0 aromatic carbocycles. The lowest BCUT2D eigenvalue weighted by atomic mass is 9.98. The van der Waals surface area contributed by atoms with E-state index in [0.717, 1.165) is 38.5 Å². The molecule has 210 valence electrons. The molecule has 2 aromatic rings. The standard InChI is InChI=1S/C16H25N5O2.2C2HF3O2/c1-19(2)5-7-23-12-14-9-21(8-13-4-6-22-11-13)10-15-16(14)20(3)18-17-15;2*3-2(4,5)1(6)7/h4,6,11,14H,5,7-10,12H2,1-3H3;2*(H,6,7). The number of aliphatic carboxylic acids is 2. The Hall–Kier alpha value is -3.18. The number of ether oxygens (including phenoxy) is 1. The van der Waals surface area contributed by atoms with Gasteiger partial charge in [-0.1, -0.05) is 5.21 Å². The van der Waals surface area contributed by atoms with E-state index in [9.17, 15) is 26.3 Å². The third kappa shape index (κ3) is 11.6. The number of furan rings is 1. The zero-order valence-corrected chi connectivity index (χ0v) is 20.1. The lowest BCUT2D eigenvalue weighted by Gasteiger charge is -2.31. The van der Waals surface area contributed by atoms with Crippen LogP contribution in [0.25, 0.3) is 0 Å². The normalized spacial score (nSPS) is 15.8. The topological polar surface area (TPSA) is 134 Å². The van der Waals surface area contributed by atoms with Crippen molar-refractivity contribution >= 4 is 11.9 Å². The van der Waals surface area contributed by atoms with Gasteiger partial charge in [0.15, 0.2) is 0 Å². The minimum atomic E-state index is -5.08. The fourth-order valence-corrected chi connectivity index (χ4v) is 3.06. The zero-order valence-electron chi connectivity index (χ0n) is 20.1. The number of halogens is 6. The van der Waals surface area contributed by atoms with Crippen molar-refractivity contribution in [3.8, 4) is 0 Å². The molecule has 2 N–H and O–H groups in total. The Morgan fingerprint density at radius 2 is 1.73 bits per heavy atom. The Balaban J connectivity index is 0.000000404. The lowest BCUT2D eigenvalue weighted by Crippen LogP contribution is -2.36. The number of aromatic nitrogens is 3. The van der Waals surface area contributed by atoms with Gasteiger partial charge in [0.2, 0.25) is 0 Å². The van der Waals surface area contributed by atoms with E-state index < -0.39 is 24.3 Å². The summed E-state index contributed by atoms with van der Waals surface area (Å²) in [6.07, 6.45) is -6.65.